The molecule has 1 N–H and O–H groups in total. The Balaban J connectivity index is 2.13. The van der Waals surface area contributed by atoms with Crippen LogP contribution in [0, 0.1) is 11.8 Å². The molecule has 1 fully saturated rings. The lowest BCUT2D eigenvalue weighted by molar-refractivity contribution is 0.0376. The number of hydrogen-bond donors (Lipinski definition) is 1. The quantitative estimate of drug-likeness (QED) is 0.761. The molecule has 2 heteroatoms. The maximum absolute atomic E-state index is 10.0. The van der Waals surface area contributed by atoms with Crippen molar-refractivity contribution in [1.82, 2.24) is 0 Å². The van der Waals surface area contributed by atoms with Gasteiger partial charge >= 0.3 is 0 Å². The highest BCUT2D eigenvalue weighted by atomic mass is 32.2. The Morgan fingerprint density at radius 3 is 2.43 bits per heavy atom. The first-order chi connectivity index (χ1) is 6.52. The highest BCUT2D eigenvalue weighted by molar-refractivity contribution is 7.99. The average molecular weight is 216 g/mol. The Bertz CT molecular complexity index is 160. The Kier molecular flexibility index (Phi) is 4.78. The molecule has 0 heterocycles. The fourth-order valence-corrected chi connectivity index (χ4v) is 3.31. The molecule has 14 heavy (non-hydrogen) atoms. The third-order valence-corrected chi connectivity index (χ3v) is 4.96. The van der Waals surface area contributed by atoms with Crippen LogP contribution in [0.15, 0.2) is 0 Å². The molecule has 0 saturated heterocycles. The molecule has 0 bridgehead atoms. The first kappa shape index (κ1) is 12.4. The van der Waals surface area contributed by atoms with E-state index in [9.17, 15) is 5.11 Å². The van der Waals surface area contributed by atoms with Crippen LogP contribution in [0.25, 0.3) is 0 Å². The molecule has 0 aliphatic heterocycles. The summed E-state index contributed by atoms with van der Waals surface area (Å²) in [6.07, 6.45) is 5.67. The van der Waals surface area contributed by atoms with Crippen LogP contribution in [0.4, 0.5) is 0 Å². The van der Waals surface area contributed by atoms with E-state index < -0.39 is 5.60 Å². The van der Waals surface area contributed by atoms with Crippen molar-refractivity contribution in [2.24, 2.45) is 11.8 Å². The van der Waals surface area contributed by atoms with Gasteiger partial charge in [-0.1, -0.05) is 26.7 Å². The Hall–Kier alpha value is 0.310. The number of thioether (sulfide) groups is 1. The molecule has 84 valence electrons. The molecule has 1 aliphatic carbocycles. The molecule has 1 saturated carbocycles. The Labute approximate surface area is 92.7 Å². The van der Waals surface area contributed by atoms with Crippen LogP contribution < -0.4 is 0 Å². The van der Waals surface area contributed by atoms with Gasteiger partial charge in [0.2, 0.25) is 0 Å². The minimum atomic E-state index is -0.483. The number of rotatable bonds is 5. The second-order valence-corrected chi connectivity index (χ2v) is 6.21. The molecular formula is C12H24OS. The second kappa shape index (κ2) is 5.41. The van der Waals surface area contributed by atoms with Gasteiger partial charge in [0.25, 0.3) is 0 Å². The molecule has 1 aliphatic rings. The zero-order valence-electron chi connectivity index (χ0n) is 9.75. The molecule has 0 aromatic heterocycles. The van der Waals surface area contributed by atoms with Gasteiger partial charge in [-0.3, -0.25) is 0 Å². The van der Waals surface area contributed by atoms with E-state index in [2.05, 4.69) is 13.8 Å². The fraction of sp³-hybridized carbons (Fsp3) is 1.00. The molecule has 0 aromatic carbocycles. The van der Waals surface area contributed by atoms with Gasteiger partial charge in [0.15, 0.2) is 0 Å². The summed E-state index contributed by atoms with van der Waals surface area (Å²) in [7, 11) is 0. The second-order valence-electron chi connectivity index (χ2n) is 5.18. The first-order valence-corrected chi connectivity index (χ1v) is 6.98. The van der Waals surface area contributed by atoms with Gasteiger partial charge in [0, 0.05) is 5.75 Å². The van der Waals surface area contributed by atoms with E-state index in [0.717, 1.165) is 11.7 Å². The topological polar surface area (TPSA) is 20.2 Å². The van der Waals surface area contributed by atoms with Crippen molar-refractivity contribution in [1.29, 1.82) is 0 Å². The molecule has 0 radical (unpaired) electrons. The van der Waals surface area contributed by atoms with Crippen LogP contribution >= 0.6 is 11.8 Å². The van der Waals surface area contributed by atoms with Crippen molar-refractivity contribution in [3.05, 3.63) is 0 Å². The lowest BCUT2D eigenvalue weighted by atomic mass is 9.95. The zero-order chi connectivity index (χ0) is 10.6. The van der Waals surface area contributed by atoms with Crippen molar-refractivity contribution in [3.63, 3.8) is 0 Å². The molecule has 0 spiro atoms. The standard InChI is InChI=1S/C12H24OS/c1-10(2)12(3,13)9-14-8-11-6-4-5-7-11/h10-11,13H,4-9H2,1-3H3. The smallest absolute Gasteiger partial charge is 0.0732 e. The average Bonchev–Trinajstić information content (AvgIpc) is 2.56. The van der Waals surface area contributed by atoms with Gasteiger partial charge in [-0.05, 0) is 37.4 Å². The number of aliphatic hydroxyl groups is 1. The van der Waals surface area contributed by atoms with Crippen molar-refractivity contribution >= 4 is 11.8 Å². The van der Waals surface area contributed by atoms with Crippen LogP contribution in [0.5, 0.6) is 0 Å². The summed E-state index contributed by atoms with van der Waals surface area (Å²) in [6.45, 7) is 6.14. The van der Waals surface area contributed by atoms with Gasteiger partial charge in [-0.2, -0.15) is 11.8 Å². The highest BCUT2D eigenvalue weighted by Crippen LogP contribution is 2.30. The van der Waals surface area contributed by atoms with Crippen molar-refractivity contribution < 1.29 is 5.11 Å². The molecule has 1 atom stereocenters. The lowest BCUT2D eigenvalue weighted by Crippen LogP contribution is -2.34. The summed E-state index contributed by atoms with van der Waals surface area (Å²) >= 11 is 1.94. The third kappa shape index (κ3) is 3.82. The van der Waals surface area contributed by atoms with E-state index in [4.69, 9.17) is 0 Å². The maximum Gasteiger partial charge on any atom is 0.0732 e. The molecule has 1 unspecified atom stereocenters. The first-order valence-electron chi connectivity index (χ1n) is 5.82. The van der Waals surface area contributed by atoms with Crippen LogP contribution in [0.2, 0.25) is 0 Å². The van der Waals surface area contributed by atoms with Crippen LogP contribution in [0.1, 0.15) is 46.5 Å². The molecule has 1 rings (SSSR count). The van der Waals surface area contributed by atoms with Crippen LogP contribution in [-0.2, 0) is 0 Å². The van der Waals surface area contributed by atoms with E-state index in [1.54, 1.807) is 0 Å². The number of hydrogen-bond acceptors (Lipinski definition) is 2. The summed E-state index contributed by atoms with van der Waals surface area (Å²) in [4.78, 5) is 0. The molecule has 0 amide bonds. The highest BCUT2D eigenvalue weighted by Gasteiger charge is 2.25. The third-order valence-electron chi connectivity index (χ3n) is 3.47. The Morgan fingerprint density at radius 1 is 1.36 bits per heavy atom. The van der Waals surface area contributed by atoms with E-state index in [-0.39, 0.29) is 0 Å². The monoisotopic (exact) mass is 216 g/mol. The van der Waals surface area contributed by atoms with Gasteiger partial charge in [-0.15, -0.1) is 0 Å². The minimum absolute atomic E-state index is 0.360. The summed E-state index contributed by atoms with van der Waals surface area (Å²) in [5, 5.41) is 10.0. The lowest BCUT2D eigenvalue weighted by Gasteiger charge is -2.27. The summed E-state index contributed by atoms with van der Waals surface area (Å²) in [5.41, 5.74) is -0.483. The predicted molar refractivity (Wildman–Crippen MR) is 64.7 cm³/mol. The van der Waals surface area contributed by atoms with E-state index in [0.29, 0.717) is 5.92 Å². The largest absolute Gasteiger partial charge is 0.389 e. The van der Waals surface area contributed by atoms with Crippen molar-refractivity contribution in [3.8, 4) is 0 Å². The molecule has 0 aromatic rings. The molecular weight excluding hydrogens is 192 g/mol. The zero-order valence-corrected chi connectivity index (χ0v) is 10.6. The SMILES string of the molecule is CC(C)C(C)(O)CSCC1CCCC1. The van der Waals surface area contributed by atoms with E-state index >= 15 is 0 Å². The van der Waals surface area contributed by atoms with Gasteiger partial charge in [-0.25, -0.2) is 0 Å². The van der Waals surface area contributed by atoms with Crippen molar-refractivity contribution in [2.75, 3.05) is 11.5 Å². The fourth-order valence-electron chi connectivity index (χ4n) is 1.78. The van der Waals surface area contributed by atoms with Crippen LogP contribution in [-0.4, -0.2) is 22.2 Å². The predicted octanol–water partition coefficient (Wildman–Crippen LogP) is 3.32. The van der Waals surface area contributed by atoms with Crippen molar-refractivity contribution in [2.45, 2.75) is 52.1 Å². The summed E-state index contributed by atoms with van der Waals surface area (Å²) < 4.78 is 0. The minimum Gasteiger partial charge on any atom is -0.389 e. The van der Waals surface area contributed by atoms with Crippen LogP contribution in [0.3, 0.4) is 0 Å². The maximum atomic E-state index is 10.0. The van der Waals surface area contributed by atoms with Gasteiger partial charge in [0.1, 0.15) is 0 Å². The summed E-state index contributed by atoms with van der Waals surface area (Å²) in [6, 6.07) is 0. The summed E-state index contributed by atoms with van der Waals surface area (Å²) in [5.74, 6) is 3.44. The van der Waals surface area contributed by atoms with E-state index in [1.807, 2.05) is 18.7 Å². The van der Waals surface area contributed by atoms with E-state index in [1.165, 1.54) is 31.4 Å². The molecule has 1 nitrogen and oxygen atoms in total. The van der Waals surface area contributed by atoms with Gasteiger partial charge in [0.05, 0.1) is 5.60 Å². The van der Waals surface area contributed by atoms with Gasteiger partial charge < -0.3 is 5.11 Å². The Morgan fingerprint density at radius 2 is 1.93 bits per heavy atom. The normalized spacial score (nSPS) is 22.9.